The summed E-state index contributed by atoms with van der Waals surface area (Å²) in [4.78, 5) is 0.423. The minimum absolute atomic E-state index is 0.114. The normalized spacial score (nSPS) is 20.4. The van der Waals surface area contributed by atoms with Gasteiger partial charge in [0.2, 0.25) is 10.0 Å². The second-order valence-corrected chi connectivity index (χ2v) is 7.78. The molecule has 106 valence electrons. The monoisotopic (exact) mass is 301 g/mol. The van der Waals surface area contributed by atoms with E-state index in [1.165, 1.54) is 0 Å². The molecule has 1 aromatic rings. The molecule has 1 saturated heterocycles. The van der Waals surface area contributed by atoms with E-state index in [0.717, 1.165) is 18.4 Å². The summed E-state index contributed by atoms with van der Waals surface area (Å²) in [6, 6.07) is 7.14. The van der Waals surface area contributed by atoms with Crippen LogP contribution >= 0.6 is 11.6 Å². The molecule has 0 saturated carbocycles. The predicted octanol–water partition coefficient (Wildman–Crippen LogP) is 3.02. The Labute approximate surface area is 120 Å². The van der Waals surface area contributed by atoms with Crippen LogP contribution in [0.25, 0.3) is 0 Å². The van der Waals surface area contributed by atoms with Gasteiger partial charge in [-0.25, -0.2) is 8.42 Å². The van der Waals surface area contributed by atoms with Crippen molar-refractivity contribution in [2.24, 2.45) is 5.92 Å². The SMILES string of the molecule is Cc1ccccc1S(=O)(=O)N1CCC(C(C)Cl)CC1. The minimum atomic E-state index is -3.35. The maximum atomic E-state index is 12.6. The second kappa shape index (κ2) is 5.81. The summed E-state index contributed by atoms with van der Waals surface area (Å²) < 4.78 is 26.7. The molecule has 0 bridgehead atoms. The Morgan fingerprint density at radius 1 is 1.26 bits per heavy atom. The number of hydrogen-bond donors (Lipinski definition) is 0. The van der Waals surface area contributed by atoms with E-state index in [1.807, 2.05) is 26.0 Å². The fraction of sp³-hybridized carbons (Fsp3) is 0.571. The highest BCUT2D eigenvalue weighted by Crippen LogP contribution is 2.28. The highest BCUT2D eigenvalue weighted by molar-refractivity contribution is 7.89. The standard InChI is InChI=1S/C14H20ClNO2S/c1-11-5-3-4-6-14(11)19(17,18)16-9-7-13(8-10-16)12(2)15/h3-6,12-13H,7-10H2,1-2H3. The number of nitrogens with zero attached hydrogens (tertiary/aromatic N) is 1. The summed E-state index contributed by atoms with van der Waals surface area (Å²) in [6.07, 6.45) is 1.69. The quantitative estimate of drug-likeness (QED) is 0.805. The lowest BCUT2D eigenvalue weighted by atomic mass is 9.95. The third-order valence-electron chi connectivity index (χ3n) is 3.86. The first-order valence-corrected chi connectivity index (χ1v) is 8.50. The molecule has 1 aliphatic heterocycles. The van der Waals surface area contributed by atoms with Gasteiger partial charge in [0.15, 0.2) is 0 Å². The van der Waals surface area contributed by atoms with Crippen LogP contribution in [0.1, 0.15) is 25.3 Å². The van der Waals surface area contributed by atoms with E-state index in [0.29, 0.717) is 23.9 Å². The molecule has 0 aromatic heterocycles. The molecule has 1 unspecified atom stereocenters. The van der Waals surface area contributed by atoms with Crippen molar-refractivity contribution in [3.05, 3.63) is 29.8 Å². The number of alkyl halides is 1. The lowest BCUT2D eigenvalue weighted by molar-refractivity contribution is 0.271. The maximum absolute atomic E-state index is 12.6. The first kappa shape index (κ1) is 14.8. The summed E-state index contributed by atoms with van der Waals surface area (Å²) in [6.45, 7) is 4.95. The van der Waals surface area contributed by atoms with Gasteiger partial charge < -0.3 is 0 Å². The van der Waals surface area contributed by atoms with Crippen LogP contribution in [-0.2, 0) is 10.0 Å². The van der Waals surface area contributed by atoms with Crippen LogP contribution in [0.4, 0.5) is 0 Å². The Morgan fingerprint density at radius 2 is 1.84 bits per heavy atom. The highest BCUT2D eigenvalue weighted by Gasteiger charge is 2.31. The Hall–Kier alpha value is -0.580. The Balaban J connectivity index is 2.17. The first-order valence-electron chi connectivity index (χ1n) is 6.63. The van der Waals surface area contributed by atoms with E-state index >= 15 is 0 Å². The molecule has 1 fully saturated rings. The molecule has 1 heterocycles. The van der Waals surface area contributed by atoms with Gasteiger partial charge >= 0.3 is 0 Å². The Morgan fingerprint density at radius 3 is 2.37 bits per heavy atom. The third-order valence-corrected chi connectivity index (χ3v) is 6.27. The van der Waals surface area contributed by atoms with Crippen molar-refractivity contribution in [1.29, 1.82) is 0 Å². The first-order chi connectivity index (χ1) is 8.93. The summed E-state index contributed by atoms with van der Waals surface area (Å²) in [5.74, 6) is 0.421. The van der Waals surface area contributed by atoms with Crippen LogP contribution in [0.2, 0.25) is 0 Å². The zero-order valence-corrected chi connectivity index (χ0v) is 12.9. The number of aryl methyl sites for hydroxylation is 1. The van der Waals surface area contributed by atoms with Crippen molar-refractivity contribution in [2.45, 2.75) is 37.0 Å². The van der Waals surface area contributed by atoms with Crippen molar-refractivity contribution in [1.82, 2.24) is 4.31 Å². The van der Waals surface area contributed by atoms with Crippen molar-refractivity contribution < 1.29 is 8.42 Å². The van der Waals surface area contributed by atoms with Gasteiger partial charge in [-0.15, -0.1) is 11.6 Å². The molecule has 3 nitrogen and oxygen atoms in total. The van der Waals surface area contributed by atoms with Gasteiger partial charge in [0.05, 0.1) is 4.90 Å². The van der Waals surface area contributed by atoms with Crippen LogP contribution in [0.15, 0.2) is 29.2 Å². The molecule has 0 spiro atoms. The average molecular weight is 302 g/mol. The summed E-state index contributed by atoms with van der Waals surface area (Å²) in [7, 11) is -3.35. The smallest absolute Gasteiger partial charge is 0.207 e. The van der Waals surface area contributed by atoms with E-state index in [4.69, 9.17) is 11.6 Å². The van der Waals surface area contributed by atoms with Gasteiger partial charge in [0.1, 0.15) is 0 Å². The predicted molar refractivity (Wildman–Crippen MR) is 78.0 cm³/mol. The Bertz CT molecular complexity index is 534. The van der Waals surface area contributed by atoms with E-state index in [2.05, 4.69) is 0 Å². The van der Waals surface area contributed by atoms with E-state index in [-0.39, 0.29) is 5.38 Å². The van der Waals surface area contributed by atoms with E-state index in [9.17, 15) is 8.42 Å². The molecule has 19 heavy (non-hydrogen) atoms. The van der Waals surface area contributed by atoms with Crippen molar-refractivity contribution in [3.8, 4) is 0 Å². The van der Waals surface area contributed by atoms with E-state index in [1.54, 1.807) is 16.4 Å². The van der Waals surface area contributed by atoms with Crippen molar-refractivity contribution >= 4 is 21.6 Å². The lowest BCUT2D eigenvalue weighted by Gasteiger charge is -2.32. The number of halogens is 1. The maximum Gasteiger partial charge on any atom is 0.243 e. The van der Waals surface area contributed by atoms with E-state index < -0.39 is 10.0 Å². The minimum Gasteiger partial charge on any atom is -0.207 e. The number of piperidine rings is 1. The lowest BCUT2D eigenvalue weighted by Crippen LogP contribution is -2.40. The summed E-state index contributed by atoms with van der Waals surface area (Å²) in [5.41, 5.74) is 0.801. The van der Waals surface area contributed by atoms with Crippen molar-refractivity contribution in [2.75, 3.05) is 13.1 Å². The summed E-state index contributed by atoms with van der Waals surface area (Å²) >= 11 is 6.09. The fourth-order valence-corrected chi connectivity index (χ4v) is 4.51. The topological polar surface area (TPSA) is 37.4 Å². The van der Waals surface area contributed by atoms with Crippen LogP contribution < -0.4 is 0 Å². The molecule has 1 aliphatic rings. The molecule has 1 aromatic carbocycles. The molecule has 0 radical (unpaired) electrons. The fourth-order valence-electron chi connectivity index (χ4n) is 2.56. The van der Waals surface area contributed by atoms with Gasteiger partial charge in [-0.3, -0.25) is 0 Å². The zero-order valence-electron chi connectivity index (χ0n) is 11.3. The number of hydrogen-bond acceptors (Lipinski definition) is 2. The molecule has 0 aliphatic carbocycles. The second-order valence-electron chi connectivity index (χ2n) is 5.18. The largest absolute Gasteiger partial charge is 0.243 e. The van der Waals surface area contributed by atoms with Crippen LogP contribution in [-0.4, -0.2) is 31.2 Å². The van der Waals surface area contributed by atoms with Crippen LogP contribution in [0.5, 0.6) is 0 Å². The van der Waals surface area contributed by atoms with Gasteiger partial charge in [0.25, 0.3) is 0 Å². The van der Waals surface area contributed by atoms with Gasteiger partial charge in [-0.2, -0.15) is 4.31 Å². The molecular weight excluding hydrogens is 282 g/mol. The zero-order chi connectivity index (χ0) is 14.0. The molecule has 1 atom stereocenters. The van der Waals surface area contributed by atoms with Gasteiger partial charge in [0, 0.05) is 18.5 Å². The third kappa shape index (κ3) is 3.12. The van der Waals surface area contributed by atoms with Crippen LogP contribution in [0.3, 0.4) is 0 Å². The van der Waals surface area contributed by atoms with Gasteiger partial charge in [-0.1, -0.05) is 18.2 Å². The number of rotatable bonds is 3. The molecule has 5 heteroatoms. The molecule has 0 N–H and O–H groups in total. The summed E-state index contributed by atoms with van der Waals surface area (Å²) in [5, 5.41) is 0.114. The molecule has 0 amide bonds. The number of sulfonamides is 1. The highest BCUT2D eigenvalue weighted by atomic mass is 35.5. The average Bonchev–Trinajstić information content (AvgIpc) is 2.39. The number of benzene rings is 1. The molecule has 2 rings (SSSR count). The van der Waals surface area contributed by atoms with Gasteiger partial charge in [-0.05, 0) is 44.2 Å². The van der Waals surface area contributed by atoms with Crippen molar-refractivity contribution in [3.63, 3.8) is 0 Å². The molecular formula is C14H20ClNO2S. The Kier molecular flexibility index (Phi) is 4.54. The van der Waals surface area contributed by atoms with Crippen LogP contribution in [0, 0.1) is 12.8 Å².